The minimum absolute atomic E-state index is 0.000133. The Kier molecular flexibility index (Phi) is 4.27. The lowest BCUT2D eigenvalue weighted by Crippen LogP contribution is -2.43. The first-order chi connectivity index (χ1) is 11.6. The van der Waals surface area contributed by atoms with E-state index in [9.17, 15) is 18.0 Å². The summed E-state index contributed by atoms with van der Waals surface area (Å²) >= 11 is 0. The molecule has 0 bridgehead atoms. The van der Waals surface area contributed by atoms with Gasteiger partial charge in [-0.3, -0.25) is 10.2 Å². The van der Waals surface area contributed by atoms with Gasteiger partial charge in [-0.2, -0.15) is 13.2 Å². The Labute approximate surface area is 144 Å². The molecule has 6 heteroatoms. The molecule has 0 spiro atoms. The van der Waals surface area contributed by atoms with Crippen molar-refractivity contribution in [2.45, 2.75) is 39.4 Å². The molecule has 1 N–H and O–H groups in total. The molecule has 1 atom stereocenters. The Morgan fingerprint density at radius 3 is 2.36 bits per heavy atom. The minimum Gasteiger partial charge on any atom is -0.287 e. The summed E-state index contributed by atoms with van der Waals surface area (Å²) in [4.78, 5) is 12.0. The third-order valence-corrected chi connectivity index (χ3v) is 4.77. The van der Waals surface area contributed by atoms with Crippen molar-refractivity contribution in [2.75, 3.05) is 6.54 Å². The van der Waals surface area contributed by atoms with E-state index in [4.69, 9.17) is 0 Å². The zero-order valence-corrected chi connectivity index (χ0v) is 14.4. The maximum atomic E-state index is 14.0. The number of halogens is 3. The fourth-order valence-electron chi connectivity index (χ4n) is 3.44. The Bertz CT molecular complexity index is 814. The molecule has 134 valence electrons. The normalized spacial score (nSPS) is 19.2. The highest BCUT2D eigenvalue weighted by molar-refractivity contribution is 5.89. The highest BCUT2D eigenvalue weighted by atomic mass is 19.4. The fourth-order valence-corrected chi connectivity index (χ4v) is 3.44. The predicted molar refractivity (Wildman–Crippen MR) is 90.8 cm³/mol. The number of amides is 1. The van der Waals surface area contributed by atoms with Crippen LogP contribution in [0.4, 0.5) is 13.2 Å². The molecule has 3 nitrogen and oxygen atoms in total. The van der Waals surface area contributed by atoms with E-state index < -0.39 is 23.5 Å². The lowest BCUT2D eigenvalue weighted by atomic mass is 9.92. The molecule has 1 saturated heterocycles. The van der Waals surface area contributed by atoms with Crippen LogP contribution in [0.1, 0.15) is 37.9 Å². The highest BCUT2D eigenvalue weighted by Crippen LogP contribution is 2.43. The van der Waals surface area contributed by atoms with Crippen LogP contribution in [0.5, 0.6) is 0 Å². The third kappa shape index (κ3) is 3.11. The van der Waals surface area contributed by atoms with Gasteiger partial charge in [0.05, 0.1) is 5.41 Å². The first kappa shape index (κ1) is 17.7. The molecule has 1 heterocycles. The van der Waals surface area contributed by atoms with Crippen molar-refractivity contribution in [3.63, 3.8) is 0 Å². The second-order valence-electron chi connectivity index (χ2n) is 7.11. The third-order valence-electron chi connectivity index (χ3n) is 4.77. The standard InChI is InChI=1S/C19H21F3N2O/c1-4-12-7-5-9-14-13(12)8-6-10-15(14)16(19(20,21)22)24-11-18(2,3)17(25)23-24/h5-10,16H,4,11H2,1-3H3,(H,23,25). The first-order valence-electron chi connectivity index (χ1n) is 8.30. The molecule has 3 rings (SSSR count). The number of nitrogens with zero attached hydrogens (tertiary/aromatic N) is 1. The van der Waals surface area contributed by atoms with Crippen molar-refractivity contribution in [1.82, 2.24) is 10.4 Å². The molecular weight excluding hydrogens is 329 g/mol. The average molecular weight is 350 g/mol. The number of hydrazine groups is 1. The van der Waals surface area contributed by atoms with Crippen LogP contribution in [-0.4, -0.2) is 23.6 Å². The van der Waals surface area contributed by atoms with Crippen LogP contribution in [0.25, 0.3) is 10.8 Å². The van der Waals surface area contributed by atoms with Crippen LogP contribution < -0.4 is 5.43 Å². The molecule has 1 unspecified atom stereocenters. The summed E-state index contributed by atoms with van der Waals surface area (Å²) in [6.07, 6.45) is -3.77. The van der Waals surface area contributed by atoms with Crippen LogP contribution in [0.15, 0.2) is 36.4 Å². The molecule has 1 aliphatic rings. The van der Waals surface area contributed by atoms with Gasteiger partial charge in [-0.15, -0.1) is 0 Å². The van der Waals surface area contributed by atoms with Gasteiger partial charge >= 0.3 is 6.18 Å². The van der Waals surface area contributed by atoms with E-state index in [0.717, 1.165) is 22.4 Å². The molecule has 0 radical (unpaired) electrons. The van der Waals surface area contributed by atoms with E-state index in [1.165, 1.54) is 6.07 Å². The summed E-state index contributed by atoms with van der Waals surface area (Å²) in [5.74, 6) is -0.392. The van der Waals surface area contributed by atoms with Gasteiger partial charge in [0, 0.05) is 6.54 Å². The number of alkyl halides is 3. The van der Waals surface area contributed by atoms with Gasteiger partial charge in [0.2, 0.25) is 5.91 Å². The van der Waals surface area contributed by atoms with Gasteiger partial charge in [0.25, 0.3) is 0 Å². The van der Waals surface area contributed by atoms with Crippen molar-refractivity contribution in [3.05, 3.63) is 47.5 Å². The largest absolute Gasteiger partial charge is 0.409 e. The van der Waals surface area contributed by atoms with E-state index in [1.54, 1.807) is 32.0 Å². The molecule has 1 fully saturated rings. The number of carbonyl (C=O) groups excluding carboxylic acids is 1. The number of nitrogens with one attached hydrogen (secondary N) is 1. The van der Waals surface area contributed by atoms with Crippen LogP contribution in [0, 0.1) is 5.41 Å². The van der Waals surface area contributed by atoms with E-state index in [-0.39, 0.29) is 12.1 Å². The fraction of sp³-hybridized carbons (Fsp3) is 0.421. The van der Waals surface area contributed by atoms with Crippen molar-refractivity contribution in [1.29, 1.82) is 0 Å². The predicted octanol–water partition coefficient (Wildman–Crippen LogP) is 4.38. The number of carbonyl (C=O) groups is 1. The Morgan fingerprint density at radius 2 is 1.80 bits per heavy atom. The topological polar surface area (TPSA) is 32.3 Å². The molecule has 0 saturated carbocycles. The minimum atomic E-state index is -4.51. The second kappa shape index (κ2) is 6.02. The average Bonchev–Trinajstić information content (AvgIpc) is 2.78. The summed E-state index contributed by atoms with van der Waals surface area (Å²) in [6, 6.07) is 8.54. The van der Waals surface area contributed by atoms with Crippen molar-refractivity contribution in [3.8, 4) is 0 Å². The summed E-state index contributed by atoms with van der Waals surface area (Å²) in [5.41, 5.74) is 2.73. The molecular formula is C19H21F3N2O. The molecule has 1 amide bonds. The number of aryl methyl sites for hydroxylation is 1. The van der Waals surface area contributed by atoms with Crippen molar-refractivity contribution in [2.24, 2.45) is 5.41 Å². The smallest absolute Gasteiger partial charge is 0.287 e. The Hall–Kier alpha value is -2.08. The SMILES string of the molecule is CCc1cccc2c(C(N3CC(C)(C)C(=O)N3)C(F)(F)F)cccc12. The van der Waals surface area contributed by atoms with Crippen LogP contribution in [-0.2, 0) is 11.2 Å². The van der Waals surface area contributed by atoms with Gasteiger partial charge in [0.15, 0.2) is 6.04 Å². The maximum Gasteiger partial charge on any atom is 0.409 e. The second-order valence-corrected chi connectivity index (χ2v) is 7.11. The van der Waals surface area contributed by atoms with Crippen LogP contribution in [0.2, 0.25) is 0 Å². The molecule has 0 aromatic heterocycles. The molecule has 2 aromatic carbocycles. The molecule has 2 aromatic rings. The zero-order valence-electron chi connectivity index (χ0n) is 14.4. The van der Waals surface area contributed by atoms with E-state index in [0.29, 0.717) is 5.39 Å². The Balaban J connectivity index is 2.16. The van der Waals surface area contributed by atoms with Crippen LogP contribution >= 0.6 is 0 Å². The number of rotatable bonds is 3. The molecule has 0 aliphatic carbocycles. The number of benzene rings is 2. The van der Waals surface area contributed by atoms with Gasteiger partial charge in [-0.25, -0.2) is 5.01 Å². The van der Waals surface area contributed by atoms with Gasteiger partial charge in [-0.1, -0.05) is 43.3 Å². The quantitative estimate of drug-likeness (QED) is 0.891. The monoisotopic (exact) mass is 350 g/mol. The van der Waals surface area contributed by atoms with Crippen molar-refractivity contribution >= 4 is 16.7 Å². The first-order valence-corrected chi connectivity index (χ1v) is 8.30. The van der Waals surface area contributed by atoms with E-state index in [1.807, 2.05) is 19.1 Å². The highest BCUT2D eigenvalue weighted by Gasteiger charge is 2.51. The molecule has 1 aliphatic heterocycles. The van der Waals surface area contributed by atoms with E-state index in [2.05, 4.69) is 5.43 Å². The van der Waals surface area contributed by atoms with Gasteiger partial charge in [-0.05, 0) is 42.2 Å². The molecule has 25 heavy (non-hydrogen) atoms. The lowest BCUT2D eigenvalue weighted by molar-refractivity contribution is -0.191. The number of fused-ring (bicyclic) bond motifs is 1. The van der Waals surface area contributed by atoms with E-state index >= 15 is 0 Å². The van der Waals surface area contributed by atoms with Gasteiger partial charge in [0.1, 0.15) is 0 Å². The van der Waals surface area contributed by atoms with Gasteiger partial charge < -0.3 is 0 Å². The van der Waals surface area contributed by atoms with Crippen molar-refractivity contribution < 1.29 is 18.0 Å². The Morgan fingerprint density at radius 1 is 1.16 bits per heavy atom. The summed E-state index contributed by atoms with van der Waals surface area (Å²) in [5, 5.41) is 2.42. The summed E-state index contributed by atoms with van der Waals surface area (Å²) in [6.45, 7) is 5.27. The lowest BCUT2D eigenvalue weighted by Gasteiger charge is -2.30. The van der Waals surface area contributed by atoms with Crippen LogP contribution in [0.3, 0.4) is 0 Å². The number of hydrogen-bond acceptors (Lipinski definition) is 2. The number of hydrogen-bond donors (Lipinski definition) is 1. The zero-order chi connectivity index (χ0) is 18.4. The summed E-state index contributed by atoms with van der Waals surface area (Å²) < 4.78 is 41.9. The maximum absolute atomic E-state index is 14.0. The summed E-state index contributed by atoms with van der Waals surface area (Å²) in [7, 11) is 0.